The summed E-state index contributed by atoms with van der Waals surface area (Å²) in [5.74, 6) is -1.44. The molecule has 0 heterocycles. The summed E-state index contributed by atoms with van der Waals surface area (Å²) in [6.07, 6.45) is 0. The van der Waals surface area contributed by atoms with Gasteiger partial charge in [0.2, 0.25) is 0 Å². The van der Waals surface area contributed by atoms with Gasteiger partial charge in [-0.1, -0.05) is 0 Å². The molecule has 0 aliphatic heterocycles. The molecule has 3 nitrogen and oxygen atoms in total. The number of nitriles is 1. The lowest BCUT2D eigenvalue weighted by molar-refractivity contribution is 0.154. The van der Waals surface area contributed by atoms with Crippen LogP contribution in [0.15, 0.2) is 12.1 Å². The Morgan fingerprint density at radius 1 is 1.28 bits per heavy atom. The third-order valence-corrected chi connectivity index (χ3v) is 2.55. The predicted octanol–water partition coefficient (Wildman–Crippen LogP) is 2.70. The Labute approximate surface area is 106 Å². The first-order chi connectivity index (χ1) is 8.63. The van der Waals surface area contributed by atoms with E-state index in [1.807, 2.05) is 13.8 Å². The summed E-state index contributed by atoms with van der Waals surface area (Å²) in [6.45, 7) is 5.51. The van der Waals surface area contributed by atoms with Crippen molar-refractivity contribution in [3.8, 4) is 6.07 Å². The van der Waals surface area contributed by atoms with Gasteiger partial charge in [0.05, 0.1) is 18.2 Å². The first-order valence-corrected chi connectivity index (χ1v) is 5.85. The smallest absolute Gasteiger partial charge is 0.150 e. The quantitative estimate of drug-likeness (QED) is 0.732. The van der Waals surface area contributed by atoms with Crippen LogP contribution < -0.4 is 4.90 Å². The largest absolute Gasteiger partial charge is 0.380 e. The minimum Gasteiger partial charge on any atom is -0.380 e. The van der Waals surface area contributed by atoms with E-state index >= 15 is 0 Å². The third kappa shape index (κ3) is 3.41. The van der Waals surface area contributed by atoms with Crippen molar-refractivity contribution >= 4 is 5.69 Å². The van der Waals surface area contributed by atoms with Crippen LogP contribution in [0.2, 0.25) is 0 Å². The van der Waals surface area contributed by atoms with Gasteiger partial charge in [-0.3, -0.25) is 0 Å². The lowest BCUT2D eigenvalue weighted by Crippen LogP contribution is -2.29. The minimum absolute atomic E-state index is 0.0189. The van der Waals surface area contributed by atoms with Gasteiger partial charge in [0.15, 0.2) is 11.6 Å². The third-order valence-electron chi connectivity index (χ3n) is 2.55. The van der Waals surface area contributed by atoms with E-state index in [1.165, 1.54) is 0 Å². The van der Waals surface area contributed by atoms with E-state index in [0.29, 0.717) is 26.3 Å². The van der Waals surface area contributed by atoms with E-state index in [4.69, 9.17) is 10.00 Å². The van der Waals surface area contributed by atoms with E-state index in [0.717, 1.165) is 12.1 Å². The van der Waals surface area contributed by atoms with E-state index in [9.17, 15) is 8.78 Å². The molecule has 0 atom stereocenters. The molecule has 0 spiro atoms. The maximum absolute atomic E-state index is 13.8. The summed E-state index contributed by atoms with van der Waals surface area (Å²) in [7, 11) is 0. The molecule has 0 radical (unpaired) electrons. The number of likely N-dealkylation sites (N-methyl/N-ethyl adjacent to an activating group) is 1. The normalized spacial score (nSPS) is 10.2. The number of rotatable bonds is 6. The van der Waals surface area contributed by atoms with Crippen LogP contribution >= 0.6 is 0 Å². The van der Waals surface area contributed by atoms with Crippen molar-refractivity contribution in [1.82, 2.24) is 0 Å². The Hall–Kier alpha value is -1.67. The van der Waals surface area contributed by atoms with Crippen LogP contribution in [-0.2, 0) is 4.74 Å². The first-order valence-electron chi connectivity index (χ1n) is 5.85. The van der Waals surface area contributed by atoms with Gasteiger partial charge < -0.3 is 9.64 Å². The Balaban J connectivity index is 2.95. The second-order valence-corrected chi connectivity index (χ2v) is 3.68. The molecule has 0 bridgehead atoms. The number of hydrogen-bond acceptors (Lipinski definition) is 3. The second-order valence-electron chi connectivity index (χ2n) is 3.68. The van der Waals surface area contributed by atoms with Crippen molar-refractivity contribution in [3.63, 3.8) is 0 Å². The fraction of sp³-hybridized carbons (Fsp3) is 0.462. The summed E-state index contributed by atoms with van der Waals surface area (Å²) in [6, 6.07) is 3.81. The number of ether oxygens (including phenoxy) is 1. The zero-order chi connectivity index (χ0) is 13.5. The highest BCUT2D eigenvalue weighted by atomic mass is 19.1. The van der Waals surface area contributed by atoms with Crippen LogP contribution in [0.5, 0.6) is 0 Å². The standard InChI is InChI=1S/C13H16F2N2O/c1-3-17(5-6-18-4-2)13-11(14)7-10(9-16)8-12(13)15/h7-8H,3-6H2,1-2H3. The van der Waals surface area contributed by atoms with Crippen LogP contribution in [0.4, 0.5) is 14.5 Å². The number of nitrogens with zero attached hydrogens (tertiary/aromatic N) is 2. The Kier molecular flexibility index (Phi) is 5.53. The van der Waals surface area contributed by atoms with Crippen LogP contribution in [0.25, 0.3) is 0 Å². The van der Waals surface area contributed by atoms with Crippen molar-refractivity contribution in [3.05, 3.63) is 29.3 Å². The minimum atomic E-state index is -0.718. The molecule has 0 amide bonds. The SMILES string of the molecule is CCOCCN(CC)c1c(F)cc(C#N)cc1F. The predicted molar refractivity (Wildman–Crippen MR) is 65.5 cm³/mol. The Morgan fingerprint density at radius 3 is 2.33 bits per heavy atom. The van der Waals surface area contributed by atoms with Gasteiger partial charge in [-0.2, -0.15) is 5.26 Å². The highest BCUT2D eigenvalue weighted by Gasteiger charge is 2.16. The molecule has 0 aromatic heterocycles. The first kappa shape index (κ1) is 14.4. The van der Waals surface area contributed by atoms with Crippen molar-refractivity contribution in [2.24, 2.45) is 0 Å². The van der Waals surface area contributed by atoms with Gasteiger partial charge >= 0.3 is 0 Å². The van der Waals surface area contributed by atoms with Crippen molar-refractivity contribution in [2.75, 3.05) is 31.2 Å². The Bertz CT molecular complexity index is 420. The van der Waals surface area contributed by atoms with Crippen LogP contribution in [0, 0.1) is 23.0 Å². The molecule has 1 rings (SSSR count). The monoisotopic (exact) mass is 254 g/mol. The molecule has 1 aromatic rings. The number of hydrogen-bond donors (Lipinski definition) is 0. The van der Waals surface area contributed by atoms with E-state index in [1.54, 1.807) is 11.0 Å². The number of benzene rings is 1. The summed E-state index contributed by atoms with van der Waals surface area (Å²) >= 11 is 0. The molecule has 0 saturated carbocycles. The van der Waals surface area contributed by atoms with Gasteiger partial charge in [0, 0.05) is 19.7 Å². The van der Waals surface area contributed by atoms with Gasteiger partial charge in [0.25, 0.3) is 0 Å². The second kappa shape index (κ2) is 6.92. The van der Waals surface area contributed by atoms with Crippen molar-refractivity contribution in [1.29, 1.82) is 5.26 Å². The molecule has 1 aromatic carbocycles. The topological polar surface area (TPSA) is 36.3 Å². The number of anilines is 1. The van der Waals surface area contributed by atoms with Crippen LogP contribution in [-0.4, -0.2) is 26.3 Å². The molecule has 5 heteroatoms. The van der Waals surface area contributed by atoms with Gasteiger partial charge in [-0.05, 0) is 26.0 Å². The van der Waals surface area contributed by atoms with Gasteiger partial charge in [0.1, 0.15) is 5.69 Å². The molecule has 98 valence electrons. The molecule has 0 N–H and O–H groups in total. The van der Waals surface area contributed by atoms with Crippen molar-refractivity contribution in [2.45, 2.75) is 13.8 Å². The zero-order valence-corrected chi connectivity index (χ0v) is 10.5. The van der Waals surface area contributed by atoms with Gasteiger partial charge in [-0.15, -0.1) is 0 Å². The average Bonchev–Trinajstić information content (AvgIpc) is 2.35. The highest BCUT2D eigenvalue weighted by Crippen LogP contribution is 2.24. The maximum atomic E-state index is 13.8. The molecule has 0 fully saturated rings. The van der Waals surface area contributed by atoms with E-state index in [2.05, 4.69) is 0 Å². The summed E-state index contributed by atoms with van der Waals surface area (Å²) in [4.78, 5) is 1.56. The molecule has 18 heavy (non-hydrogen) atoms. The fourth-order valence-corrected chi connectivity index (χ4v) is 1.68. The molecule has 0 aliphatic carbocycles. The highest BCUT2D eigenvalue weighted by molar-refractivity contribution is 5.52. The van der Waals surface area contributed by atoms with Crippen molar-refractivity contribution < 1.29 is 13.5 Å². The average molecular weight is 254 g/mol. The van der Waals surface area contributed by atoms with E-state index < -0.39 is 11.6 Å². The maximum Gasteiger partial charge on any atom is 0.150 e. The zero-order valence-electron chi connectivity index (χ0n) is 10.5. The number of halogens is 2. The molecule has 0 aliphatic rings. The van der Waals surface area contributed by atoms with E-state index in [-0.39, 0.29) is 11.3 Å². The molecular formula is C13H16F2N2O. The van der Waals surface area contributed by atoms with Gasteiger partial charge in [-0.25, -0.2) is 8.78 Å². The summed E-state index contributed by atoms with van der Waals surface area (Å²) < 4.78 is 32.7. The Morgan fingerprint density at radius 2 is 1.89 bits per heavy atom. The van der Waals surface area contributed by atoms with Crippen LogP contribution in [0.3, 0.4) is 0 Å². The lowest BCUT2D eigenvalue weighted by atomic mass is 10.2. The summed E-state index contributed by atoms with van der Waals surface area (Å²) in [5, 5.41) is 8.63. The molecular weight excluding hydrogens is 238 g/mol. The summed E-state index contributed by atoms with van der Waals surface area (Å²) in [5.41, 5.74) is -0.120. The molecule has 0 unspecified atom stereocenters. The fourth-order valence-electron chi connectivity index (χ4n) is 1.68. The molecule has 0 saturated heterocycles. The lowest BCUT2D eigenvalue weighted by Gasteiger charge is -2.24. The van der Waals surface area contributed by atoms with Crippen LogP contribution in [0.1, 0.15) is 19.4 Å².